The van der Waals surface area contributed by atoms with Crippen molar-refractivity contribution in [2.45, 2.75) is 26.5 Å². The molecule has 0 atom stereocenters. The zero-order valence-corrected chi connectivity index (χ0v) is 11.5. The Morgan fingerprint density at radius 1 is 1.32 bits per heavy atom. The van der Waals surface area contributed by atoms with Gasteiger partial charge in [0.25, 0.3) is 0 Å². The molecule has 0 saturated heterocycles. The fourth-order valence-electron chi connectivity index (χ4n) is 1.84. The number of benzene rings is 1. The number of methoxy groups -OCH3 is 1. The van der Waals surface area contributed by atoms with Crippen LogP contribution in [-0.2, 0) is 6.61 Å². The first-order valence-corrected chi connectivity index (χ1v) is 6.20. The smallest absolute Gasteiger partial charge is 0.132 e. The molecule has 2 N–H and O–H groups in total. The fraction of sp³-hybridized carbons (Fsp3) is 0.357. The van der Waals surface area contributed by atoms with E-state index in [1.165, 1.54) is 0 Å². The predicted octanol–water partition coefficient (Wildman–Crippen LogP) is 2.63. The molecular formula is C14H19N3O2. The maximum atomic E-state index is 5.91. The summed E-state index contributed by atoms with van der Waals surface area (Å²) in [5, 5.41) is 4.25. The minimum Gasteiger partial charge on any atom is -0.497 e. The zero-order valence-electron chi connectivity index (χ0n) is 11.5. The Hall–Kier alpha value is -2.17. The highest BCUT2D eigenvalue weighted by Gasteiger charge is 2.11. The third-order valence-electron chi connectivity index (χ3n) is 2.84. The van der Waals surface area contributed by atoms with Crippen molar-refractivity contribution in [2.24, 2.45) is 0 Å². The van der Waals surface area contributed by atoms with Crippen LogP contribution in [0.3, 0.4) is 0 Å². The average molecular weight is 261 g/mol. The SMILES string of the molecule is COc1cccc(OCc2c(N)cnn2C(C)C)c1. The molecule has 0 aliphatic carbocycles. The quantitative estimate of drug-likeness (QED) is 0.898. The monoisotopic (exact) mass is 261 g/mol. The van der Waals surface area contributed by atoms with Crippen LogP contribution in [0.1, 0.15) is 25.6 Å². The van der Waals surface area contributed by atoms with E-state index in [1.807, 2.05) is 28.9 Å². The Morgan fingerprint density at radius 2 is 2.05 bits per heavy atom. The van der Waals surface area contributed by atoms with Crippen molar-refractivity contribution in [3.8, 4) is 11.5 Å². The lowest BCUT2D eigenvalue weighted by atomic mass is 10.3. The van der Waals surface area contributed by atoms with Gasteiger partial charge in [0.1, 0.15) is 18.1 Å². The van der Waals surface area contributed by atoms with Crippen LogP contribution in [-0.4, -0.2) is 16.9 Å². The molecule has 0 fully saturated rings. The van der Waals surface area contributed by atoms with Crippen molar-refractivity contribution in [1.82, 2.24) is 9.78 Å². The number of aromatic nitrogens is 2. The van der Waals surface area contributed by atoms with Crippen LogP contribution in [0.15, 0.2) is 30.5 Å². The second kappa shape index (κ2) is 5.65. The molecule has 19 heavy (non-hydrogen) atoms. The summed E-state index contributed by atoms with van der Waals surface area (Å²) in [6.45, 7) is 4.50. The van der Waals surface area contributed by atoms with Gasteiger partial charge in [-0.3, -0.25) is 4.68 Å². The summed E-state index contributed by atoms with van der Waals surface area (Å²) in [7, 11) is 1.63. The lowest BCUT2D eigenvalue weighted by Gasteiger charge is -2.13. The average Bonchev–Trinajstić information content (AvgIpc) is 2.78. The third-order valence-corrected chi connectivity index (χ3v) is 2.84. The van der Waals surface area contributed by atoms with Gasteiger partial charge >= 0.3 is 0 Å². The highest BCUT2D eigenvalue weighted by Crippen LogP contribution is 2.22. The third kappa shape index (κ3) is 2.99. The van der Waals surface area contributed by atoms with E-state index in [4.69, 9.17) is 15.2 Å². The fourth-order valence-corrected chi connectivity index (χ4v) is 1.84. The molecule has 0 aliphatic heterocycles. The molecule has 0 spiro atoms. The van der Waals surface area contributed by atoms with Crippen LogP contribution in [0.5, 0.6) is 11.5 Å². The minimum atomic E-state index is 0.251. The summed E-state index contributed by atoms with van der Waals surface area (Å²) in [6, 6.07) is 7.74. The van der Waals surface area contributed by atoms with Gasteiger partial charge in [-0.05, 0) is 26.0 Å². The summed E-state index contributed by atoms with van der Waals surface area (Å²) < 4.78 is 12.8. The molecule has 0 unspecified atom stereocenters. The number of hydrogen-bond donors (Lipinski definition) is 1. The number of anilines is 1. The molecule has 5 nitrogen and oxygen atoms in total. The van der Waals surface area contributed by atoms with E-state index in [2.05, 4.69) is 18.9 Å². The largest absolute Gasteiger partial charge is 0.497 e. The molecule has 0 radical (unpaired) electrons. The molecule has 0 bridgehead atoms. The van der Waals surface area contributed by atoms with Crippen molar-refractivity contribution in [3.63, 3.8) is 0 Å². The summed E-state index contributed by atoms with van der Waals surface area (Å²) in [4.78, 5) is 0. The number of nitrogen functional groups attached to an aromatic ring is 1. The molecule has 2 rings (SSSR count). The van der Waals surface area contributed by atoms with Crippen LogP contribution in [0.2, 0.25) is 0 Å². The number of hydrogen-bond acceptors (Lipinski definition) is 4. The topological polar surface area (TPSA) is 62.3 Å². The highest BCUT2D eigenvalue weighted by molar-refractivity contribution is 5.41. The van der Waals surface area contributed by atoms with E-state index < -0.39 is 0 Å². The first-order valence-electron chi connectivity index (χ1n) is 6.20. The van der Waals surface area contributed by atoms with Crippen molar-refractivity contribution >= 4 is 5.69 Å². The van der Waals surface area contributed by atoms with Crippen molar-refractivity contribution in [1.29, 1.82) is 0 Å². The summed E-state index contributed by atoms with van der Waals surface area (Å²) in [6.07, 6.45) is 1.66. The van der Waals surface area contributed by atoms with Gasteiger partial charge in [-0.25, -0.2) is 0 Å². The molecule has 2 aromatic rings. The van der Waals surface area contributed by atoms with E-state index >= 15 is 0 Å². The summed E-state index contributed by atoms with van der Waals surface area (Å²) >= 11 is 0. The van der Waals surface area contributed by atoms with Crippen LogP contribution in [0.4, 0.5) is 5.69 Å². The van der Waals surface area contributed by atoms with Crippen molar-refractivity contribution in [3.05, 3.63) is 36.2 Å². The number of rotatable bonds is 5. The van der Waals surface area contributed by atoms with E-state index in [1.54, 1.807) is 13.3 Å². The van der Waals surface area contributed by atoms with Gasteiger partial charge in [-0.1, -0.05) is 6.07 Å². The Balaban J connectivity index is 2.12. The Morgan fingerprint density at radius 3 is 2.74 bits per heavy atom. The van der Waals surface area contributed by atoms with Crippen LogP contribution < -0.4 is 15.2 Å². The second-order valence-electron chi connectivity index (χ2n) is 4.55. The minimum absolute atomic E-state index is 0.251. The van der Waals surface area contributed by atoms with Crippen molar-refractivity contribution < 1.29 is 9.47 Å². The molecule has 102 valence electrons. The van der Waals surface area contributed by atoms with Gasteiger partial charge < -0.3 is 15.2 Å². The molecular weight excluding hydrogens is 242 g/mol. The Kier molecular flexibility index (Phi) is 3.94. The number of nitrogens with two attached hydrogens (primary N) is 1. The van der Waals surface area contributed by atoms with Crippen LogP contribution in [0, 0.1) is 0 Å². The maximum absolute atomic E-state index is 5.91. The normalized spacial score (nSPS) is 10.7. The summed E-state index contributed by atoms with van der Waals surface area (Å²) in [5.74, 6) is 1.51. The summed E-state index contributed by atoms with van der Waals surface area (Å²) in [5.41, 5.74) is 7.45. The first kappa shape index (κ1) is 13.3. The van der Waals surface area contributed by atoms with Crippen LogP contribution >= 0.6 is 0 Å². The van der Waals surface area contributed by atoms with E-state index in [0.717, 1.165) is 17.2 Å². The molecule has 0 amide bonds. The molecule has 1 aromatic heterocycles. The van der Waals surface area contributed by atoms with Gasteiger partial charge in [0.05, 0.1) is 24.7 Å². The first-order chi connectivity index (χ1) is 9.11. The van der Waals surface area contributed by atoms with Crippen LogP contribution in [0.25, 0.3) is 0 Å². The van der Waals surface area contributed by atoms with Gasteiger partial charge in [-0.2, -0.15) is 5.10 Å². The standard InChI is InChI=1S/C14H19N3O2/c1-10(2)17-14(13(15)8-16-17)9-19-12-6-4-5-11(7-12)18-3/h4-8,10H,9,15H2,1-3H3. The second-order valence-corrected chi connectivity index (χ2v) is 4.55. The number of nitrogens with zero attached hydrogens (tertiary/aromatic N) is 2. The highest BCUT2D eigenvalue weighted by atomic mass is 16.5. The van der Waals surface area contributed by atoms with Gasteiger partial charge in [0, 0.05) is 12.1 Å². The van der Waals surface area contributed by atoms with Crippen molar-refractivity contribution in [2.75, 3.05) is 12.8 Å². The molecule has 1 heterocycles. The maximum Gasteiger partial charge on any atom is 0.132 e. The molecule has 5 heteroatoms. The zero-order chi connectivity index (χ0) is 13.8. The van der Waals surface area contributed by atoms with Gasteiger partial charge in [0.15, 0.2) is 0 Å². The molecule has 0 saturated carbocycles. The predicted molar refractivity (Wildman–Crippen MR) is 74.4 cm³/mol. The Bertz CT molecular complexity index is 549. The lowest BCUT2D eigenvalue weighted by molar-refractivity contribution is 0.286. The molecule has 1 aromatic carbocycles. The van der Waals surface area contributed by atoms with Gasteiger partial charge in [-0.15, -0.1) is 0 Å². The molecule has 0 aliphatic rings. The van der Waals surface area contributed by atoms with E-state index in [0.29, 0.717) is 12.3 Å². The van der Waals surface area contributed by atoms with E-state index in [-0.39, 0.29) is 6.04 Å². The van der Waals surface area contributed by atoms with E-state index in [9.17, 15) is 0 Å². The number of ether oxygens (including phenoxy) is 2. The van der Waals surface area contributed by atoms with Gasteiger partial charge in [0.2, 0.25) is 0 Å². The lowest BCUT2D eigenvalue weighted by Crippen LogP contribution is -2.11. The Labute approximate surface area is 112 Å².